The summed E-state index contributed by atoms with van der Waals surface area (Å²) in [5.41, 5.74) is 0.563. The minimum atomic E-state index is -4.38. The number of hydrogen-bond acceptors (Lipinski definition) is 4. The van der Waals surface area contributed by atoms with Crippen molar-refractivity contribution in [2.75, 3.05) is 31.2 Å². The number of halogens is 3. The van der Waals surface area contributed by atoms with Crippen LogP contribution in [0.3, 0.4) is 0 Å². The van der Waals surface area contributed by atoms with Crippen molar-refractivity contribution in [1.82, 2.24) is 10.3 Å². The first-order valence-corrected chi connectivity index (χ1v) is 10.5. The third-order valence-electron chi connectivity index (χ3n) is 6.06. The van der Waals surface area contributed by atoms with Gasteiger partial charge in [0.2, 0.25) is 5.91 Å². The van der Waals surface area contributed by atoms with Gasteiger partial charge < -0.3 is 15.0 Å². The number of hydrogen-bond donors (Lipinski definition) is 1. The maximum Gasteiger partial charge on any atom is 0.416 e. The molecule has 8 heteroatoms. The molecule has 0 aliphatic carbocycles. The highest BCUT2D eigenvalue weighted by atomic mass is 19.4. The van der Waals surface area contributed by atoms with Crippen LogP contribution in [0.15, 0.2) is 30.5 Å². The van der Waals surface area contributed by atoms with Gasteiger partial charge >= 0.3 is 6.18 Å². The summed E-state index contributed by atoms with van der Waals surface area (Å²) >= 11 is 0. The van der Waals surface area contributed by atoms with Gasteiger partial charge in [-0.05, 0) is 49.8 Å². The molecule has 0 atom stereocenters. The Kier molecular flexibility index (Phi) is 6.13. The number of rotatable bonds is 4. The summed E-state index contributed by atoms with van der Waals surface area (Å²) in [5, 5.41) is 3.84. The van der Waals surface area contributed by atoms with Crippen LogP contribution < -0.4 is 10.2 Å². The topological polar surface area (TPSA) is 54.5 Å². The smallest absolute Gasteiger partial charge is 0.381 e. The van der Waals surface area contributed by atoms with Crippen molar-refractivity contribution in [3.8, 4) is 0 Å². The lowest BCUT2D eigenvalue weighted by molar-refractivity contribution is -0.137. The monoisotopic (exact) mass is 421 g/mol. The lowest BCUT2D eigenvalue weighted by atomic mass is 9.92. The van der Waals surface area contributed by atoms with Crippen LogP contribution in [0.5, 0.6) is 0 Å². The molecule has 2 fully saturated rings. The van der Waals surface area contributed by atoms with Crippen LogP contribution in [0.1, 0.15) is 37.7 Å². The molecule has 3 heterocycles. The van der Waals surface area contributed by atoms with E-state index in [1.54, 1.807) is 6.20 Å². The molecule has 0 radical (unpaired) electrons. The molecule has 1 aromatic carbocycles. The number of nitrogens with one attached hydrogen (secondary N) is 1. The Labute approximate surface area is 173 Å². The molecule has 0 spiro atoms. The van der Waals surface area contributed by atoms with E-state index in [0.29, 0.717) is 31.1 Å². The molecule has 0 unspecified atom stereocenters. The van der Waals surface area contributed by atoms with Crippen molar-refractivity contribution in [3.63, 3.8) is 0 Å². The van der Waals surface area contributed by atoms with E-state index in [4.69, 9.17) is 4.74 Å². The van der Waals surface area contributed by atoms with Crippen LogP contribution in [0.25, 0.3) is 10.9 Å². The number of anilines is 1. The van der Waals surface area contributed by atoms with E-state index in [2.05, 4.69) is 15.2 Å². The molecule has 2 aromatic rings. The predicted molar refractivity (Wildman–Crippen MR) is 108 cm³/mol. The SMILES string of the molecule is O=C(CC1CCN(c2ccnc3cc(C(F)(F)F)ccc23)CC1)NC1CCOCC1. The number of nitrogens with zero attached hydrogens (tertiary/aromatic N) is 2. The summed E-state index contributed by atoms with van der Waals surface area (Å²) in [4.78, 5) is 18.7. The van der Waals surface area contributed by atoms with E-state index in [0.717, 1.165) is 62.0 Å². The fraction of sp³-hybridized carbons (Fsp3) is 0.545. The second-order valence-electron chi connectivity index (χ2n) is 8.15. The molecule has 1 amide bonds. The Morgan fingerprint density at radius 3 is 2.57 bits per heavy atom. The number of pyridine rings is 1. The van der Waals surface area contributed by atoms with Gasteiger partial charge in [0.1, 0.15) is 0 Å². The summed E-state index contributed by atoms with van der Waals surface area (Å²) in [6, 6.07) is 5.80. The van der Waals surface area contributed by atoms with Crippen molar-refractivity contribution < 1.29 is 22.7 Å². The average Bonchev–Trinajstić information content (AvgIpc) is 2.73. The Morgan fingerprint density at radius 2 is 1.87 bits per heavy atom. The Hall–Kier alpha value is -2.35. The predicted octanol–water partition coefficient (Wildman–Crippen LogP) is 4.16. The molecule has 30 heavy (non-hydrogen) atoms. The highest BCUT2D eigenvalue weighted by Gasteiger charge is 2.31. The van der Waals surface area contributed by atoms with Crippen LogP contribution in [0.2, 0.25) is 0 Å². The maximum atomic E-state index is 13.0. The fourth-order valence-corrected chi connectivity index (χ4v) is 4.35. The highest BCUT2D eigenvalue weighted by Crippen LogP contribution is 2.35. The Balaban J connectivity index is 1.37. The van der Waals surface area contributed by atoms with Crippen molar-refractivity contribution in [2.24, 2.45) is 5.92 Å². The van der Waals surface area contributed by atoms with Gasteiger partial charge in [0.05, 0.1) is 11.1 Å². The van der Waals surface area contributed by atoms with Gasteiger partial charge in [0, 0.05) is 56.0 Å². The number of piperidine rings is 1. The molecule has 0 bridgehead atoms. The highest BCUT2D eigenvalue weighted by molar-refractivity contribution is 5.92. The molecule has 5 nitrogen and oxygen atoms in total. The lowest BCUT2D eigenvalue weighted by Crippen LogP contribution is -2.41. The number of alkyl halides is 3. The molecule has 2 aliphatic rings. The minimum Gasteiger partial charge on any atom is -0.381 e. The first-order chi connectivity index (χ1) is 14.4. The van der Waals surface area contributed by atoms with E-state index in [1.165, 1.54) is 6.07 Å². The van der Waals surface area contributed by atoms with Gasteiger partial charge in [-0.3, -0.25) is 9.78 Å². The summed E-state index contributed by atoms with van der Waals surface area (Å²) in [7, 11) is 0. The zero-order valence-electron chi connectivity index (χ0n) is 16.8. The second kappa shape index (κ2) is 8.79. The molecule has 4 rings (SSSR count). The number of amides is 1. The van der Waals surface area contributed by atoms with E-state index in [9.17, 15) is 18.0 Å². The van der Waals surface area contributed by atoms with Gasteiger partial charge in [-0.15, -0.1) is 0 Å². The molecular formula is C22H26F3N3O2. The largest absolute Gasteiger partial charge is 0.416 e. The molecule has 1 aromatic heterocycles. The van der Waals surface area contributed by atoms with Crippen molar-refractivity contribution >= 4 is 22.5 Å². The van der Waals surface area contributed by atoms with Crippen molar-refractivity contribution in [3.05, 3.63) is 36.0 Å². The van der Waals surface area contributed by atoms with Crippen molar-refractivity contribution in [1.29, 1.82) is 0 Å². The molecule has 162 valence electrons. The third kappa shape index (κ3) is 4.86. The number of fused-ring (bicyclic) bond motifs is 1. The van der Waals surface area contributed by atoms with Crippen molar-refractivity contribution in [2.45, 2.75) is 44.3 Å². The number of carbonyl (C=O) groups excluding carboxylic acids is 1. The van der Waals surface area contributed by atoms with E-state index in [-0.39, 0.29) is 11.9 Å². The normalized spacial score (nSPS) is 19.2. The Bertz CT molecular complexity index is 889. The molecule has 1 N–H and O–H groups in total. The standard InChI is InChI=1S/C22H26F3N3O2/c23-22(24,25)16-1-2-18-19(14-16)26-8-3-20(18)28-9-4-15(5-10-28)13-21(29)27-17-6-11-30-12-7-17/h1-3,8,14-15,17H,4-7,9-13H2,(H,27,29). The summed E-state index contributed by atoms with van der Waals surface area (Å²) in [5.74, 6) is 0.431. The zero-order valence-corrected chi connectivity index (χ0v) is 16.8. The quantitative estimate of drug-likeness (QED) is 0.806. The van der Waals surface area contributed by atoms with Gasteiger partial charge in [-0.1, -0.05) is 6.07 Å². The van der Waals surface area contributed by atoms with Gasteiger partial charge in [-0.25, -0.2) is 0 Å². The van der Waals surface area contributed by atoms with Crippen LogP contribution in [0, 0.1) is 5.92 Å². The van der Waals surface area contributed by atoms with Gasteiger partial charge in [-0.2, -0.15) is 13.2 Å². The van der Waals surface area contributed by atoms with E-state index < -0.39 is 11.7 Å². The van der Waals surface area contributed by atoms with Crippen LogP contribution in [0.4, 0.5) is 18.9 Å². The molecular weight excluding hydrogens is 395 g/mol. The lowest BCUT2D eigenvalue weighted by Gasteiger charge is -2.34. The minimum absolute atomic E-state index is 0.106. The Morgan fingerprint density at radius 1 is 1.13 bits per heavy atom. The third-order valence-corrected chi connectivity index (χ3v) is 6.06. The first kappa shape index (κ1) is 20.9. The summed E-state index contributed by atoms with van der Waals surface area (Å²) in [6.07, 6.45) is 1.21. The van der Waals surface area contributed by atoms with E-state index >= 15 is 0 Å². The zero-order chi connectivity index (χ0) is 21.1. The van der Waals surface area contributed by atoms with Crippen LogP contribution in [-0.2, 0) is 15.7 Å². The average molecular weight is 421 g/mol. The summed E-state index contributed by atoms with van der Waals surface area (Å²) < 4.78 is 44.3. The number of ether oxygens (including phenoxy) is 1. The van der Waals surface area contributed by atoms with Gasteiger partial charge in [0.25, 0.3) is 0 Å². The maximum absolute atomic E-state index is 13.0. The fourth-order valence-electron chi connectivity index (χ4n) is 4.35. The number of carbonyl (C=O) groups is 1. The van der Waals surface area contributed by atoms with E-state index in [1.807, 2.05) is 6.07 Å². The first-order valence-electron chi connectivity index (χ1n) is 10.5. The molecule has 2 saturated heterocycles. The molecule has 2 aliphatic heterocycles. The number of aromatic nitrogens is 1. The summed E-state index contributed by atoms with van der Waals surface area (Å²) in [6.45, 7) is 2.95. The van der Waals surface area contributed by atoms with Crippen LogP contribution >= 0.6 is 0 Å². The molecule has 0 saturated carbocycles. The van der Waals surface area contributed by atoms with Crippen LogP contribution in [-0.4, -0.2) is 43.2 Å². The number of benzene rings is 1. The van der Waals surface area contributed by atoms with Gasteiger partial charge in [0.15, 0.2) is 0 Å². The second-order valence-corrected chi connectivity index (χ2v) is 8.15.